The minimum atomic E-state index is -1.54. The Morgan fingerprint density at radius 2 is 1.83 bits per heavy atom. The monoisotopic (exact) mass is 566 g/mol. The van der Waals surface area contributed by atoms with Gasteiger partial charge in [-0.2, -0.15) is 0 Å². The maximum absolute atomic E-state index is 14.1. The first kappa shape index (κ1) is 29.7. The highest BCUT2D eigenvalue weighted by atomic mass is 16.5. The lowest BCUT2D eigenvalue weighted by Gasteiger charge is -2.32. The van der Waals surface area contributed by atoms with Crippen LogP contribution in [0.1, 0.15) is 34.8 Å². The van der Waals surface area contributed by atoms with Crippen molar-refractivity contribution in [3.63, 3.8) is 0 Å². The van der Waals surface area contributed by atoms with E-state index in [2.05, 4.69) is 31.9 Å². The van der Waals surface area contributed by atoms with E-state index in [1.165, 1.54) is 0 Å². The highest BCUT2D eigenvalue weighted by Gasteiger charge is 2.53. The number of carbonyl (C=O) groups is 1. The summed E-state index contributed by atoms with van der Waals surface area (Å²) in [5, 5.41) is 19.5. The van der Waals surface area contributed by atoms with Gasteiger partial charge in [-0.15, -0.1) is 6.58 Å². The summed E-state index contributed by atoms with van der Waals surface area (Å²) in [6.45, 7) is 4.40. The molecule has 2 N–H and O–H groups in total. The molecule has 1 aliphatic rings. The predicted molar refractivity (Wildman–Crippen MR) is 158 cm³/mol. The minimum Gasteiger partial charge on any atom is -0.494 e. The van der Waals surface area contributed by atoms with Crippen LogP contribution in [0.25, 0.3) is 20.9 Å². The van der Waals surface area contributed by atoms with Gasteiger partial charge in [-0.3, -0.25) is 4.79 Å². The summed E-state index contributed by atoms with van der Waals surface area (Å²) in [4.78, 5) is 24.9. The van der Waals surface area contributed by atoms with E-state index in [-0.39, 0.29) is 32.0 Å². The van der Waals surface area contributed by atoms with E-state index >= 15 is 0 Å². The fourth-order valence-electron chi connectivity index (χ4n) is 4.71. The zero-order valence-electron chi connectivity index (χ0n) is 22.8. The maximum Gasteiger partial charge on any atom is 0.252 e. The Balaban J connectivity index is 1.87. The third kappa shape index (κ3) is 6.71. The molecule has 214 valence electrons. The van der Waals surface area contributed by atoms with Crippen LogP contribution >= 0.6 is 0 Å². The van der Waals surface area contributed by atoms with Crippen molar-refractivity contribution in [3.05, 3.63) is 129 Å². The molecule has 0 bridgehead atoms. The van der Waals surface area contributed by atoms with Crippen molar-refractivity contribution in [1.29, 1.82) is 0 Å². The SMILES string of the molecule is C=CCNC(=O)[C@]1(Cc2ccccc2CN=[N+]=[N-])N=C(c2ccc(OCCCO)cc2)O[C@@H]1c1ccccc1N=[N+]=[N-]. The van der Waals surface area contributed by atoms with Crippen molar-refractivity contribution in [2.45, 2.75) is 31.0 Å². The van der Waals surface area contributed by atoms with Gasteiger partial charge in [0.05, 0.1) is 13.2 Å². The third-order valence-electron chi connectivity index (χ3n) is 6.69. The van der Waals surface area contributed by atoms with Crippen LogP contribution in [0.4, 0.5) is 5.69 Å². The fourth-order valence-corrected chi connectivity index (χ4v) is 4.71. The number of azide groups is 2. The molecule has 12 heteroatoms. The Bertz CT molecular complexity index is 1540. The molecule has 4 rings (SSSR count). The smallest absolute Gasteiger partial charge is 0.252 e. The van der Waals surface area contributed by atoms with E-state index in [9.17, 15) is 10.3 Å². The molecule has 0 saturated heterocycles. The highest BCUT2D eigenvalue weighted by Crippen LogP contribution is 2.45. The molecule has 3 aromatic carbocycles. The van der Waals surface area contributed by atoms with Crippen LogP contribution in [-0.2, 0) is 22.5 Å². The van der Waals surface area contributed by atoms with Gasteiger partial charge in [-0.05, 0) is 46.5 Å². The maximum atomic E-state index is 14.1. The molecule has 0 saturated carbocycles. The number of rotatable bonds is 14. The number of benzene rings is 3. The molecule has 42 heavy (non-hydrogen) atoms. The van der Waals surface area contributed by atoms with Crippen LogP contribution in [0.3, 0.4) is 0 Å². The lowest BCUT2D eigenvalue weighted by atomic mass is 9.80. The molecule has 0 aliphatic carbocycles. The first-order chi connectivity index (χ1) is 20.6. The van der Waals surface area contributed by atoms with Gasteiger partial charge in [-0.1, -0.05) is 64.8 Å². The van der Waals surface area contributed by atoms with Crippen LogP contribution < -0.4 is 10.1 Å². The van der Waals surface area contributed by atoms with E-state index in [0.717, 1.165) is 11.1 Å². The summed E-state index contributed by atoms with van der Waals surface area (Å²) >= 11 is 0. The molecule has 0 spiro atoms. The lowest BCUT2D eigenvalue weighted by molar-refractivity contribution is -0.128. The fraction of sp³-hybridized carbons (Fsp3) is 0.267. The van der Waals surface area contributed by atoms with E-state index < -0.39 is 17.6 Å². The van der Waals surface area contributed by atoms with E-state index in [4.69, 9.17) is 25.1 Å². The van der Waals surface area contributed by atoms with Crippen molar-refractivity contribution in [2.24, 2.45) is 15.2 Å². The Morgan fingerprint density at radius 3 is 2.55 bits per heavy atom. The summed E-state index contributed by atoms with van der Waals surface area (Å²) in [7, 11) is 0. The number of amides is 1. The largest absolute Gasteiger partial charge is 0.494 e. The molecule has 2 atom stereocenters. The van der Waals surface area contributed by atoms with Crippen molar-refractivity contribution in [2.75, 3.05) is 19.8 Å². The number of ether oxygens (including phenoxy) is 2. The van der Waals surface area contributed by atoms with Gasteiger partial charge in [0.1, 0.15) is 5.75 Å². The first-order valence-corrected chi connectivity index (χ1v) is 13.3. The Hall–Kier alpha value is -5.28. The van der Waals surface area contributed by atoms with E-state index in [1.807, 2.05) is 24.3 Å². The van der Waals surface area contributed by atoms with Crippen molar-refractivity contribution in [1.82, 2.24) is 5.32 Å². The number of hydrogen-bond donors (Lipinski definition) is 2. The summed E-state index contributed by atoms with van der Waals surface area (Å²) in [5.74, 6) is 0.414. The number of nitrogens with one attached hydrogen (secondary N) is 1. The molecule has 1 amide bonds. The van der Waals surface area contributed by atoms with Crippen molar-refractivity contribution >= 4 is 17.5 Å². The molecule has 1 aliphatic heterocycles. The standard InChI is InChI=1S/C30H30N8O4/c1-2-16-33-29(40)30(19-22-8-3-4-9-23(22)20-34-37-31)27(25-10-5-6-11-26(25)36-38-32)42-28(35-30)21-12-14-24(15-13-21)41-18-7-17-39/h2-6,8-15,27,39H,1,7,16-20H2,(H,33,40)/t27-,30-/m1/s1. The topological polar surface area (TPSA) is 178 Å². The minimum absolute atomic E-state index is 0.0312. The highest BCUT2D eigenvalue weighted by molar-refractivity contribution is 6.01. The van der Waals surface area contributed by atoms with Crippen LogP contribution in [0.5, 0.6) is 5.75 Å². The second kappa shape index (κ2) is 14.4. The normalized spacial score (nSPS) is 17.2. The molecule has 1 heterocycles. The quantitative estimate of drug-likeness (QED) is 0.0799. The van der Waals surface area contributed by atoms with Crippen LogP contribution in [0.15, 0.2) is 101 Å². The van der Waals surface area contributed by atoms with Gasteiger partial charge in [0.15, 0.2) is 11.6 Å². The van der Waals surface area contributed by atoms with E-state index in [0.29, 0.717) is 35.6 Å². The van der Waals surface area contributed by atoms with Crippen LogP contribution in [-0.4, -0.2) is 42.2 Å². The van der Waals surface area contributed by atoms with Gasteiger partial charge in [0.25, 0.3) is 5.91 Å². The molecule has 0 aromatic heterocycles. The van der Waals surface area contributed by atoms with Gasteiger partial charge < -0.3 is 19.9 Å². The second-order valence-corrected chi connectivity index (χ2v) is 9.37. The zero-order valence-corrected chi connectivity index (χ0v) is 22.8. The number of carbonyl (C=O) groups excluding carboxylic acids is 1. The molecule has 0 radical (unpaired) electrons. The molecule has 12 nitrogen and oxygen atoms in total. The average molecular weight is 567 g/mol. The Labute approximate surface area is 242 Å². The summed E-state index contributed by atoms with van der Waals surface area (Å²) in [6.07, 6.45) is 1.19. The van der Waals surface area contributed by atoms with Gasteiger partial charge in [-0.25, -0.2) is 4.99 Å². The van der Waals surface area contributed by atoms with Crippen LogP contribution in [0, 0.1) is 0 Å². The van der Waals surface area contributed by atoms with Crippen molar-refractivity contribution in [3.8, 4) is 5.75 Å². The van der Waals surface area contributed by atoms with Crippen molar-refractivity contribution < 1.29 is 19.4 Å². The molecular formula is C30H30N8O4. The zero-order chi connectivity index (χ0) is 29.8. The van der Waals surface area contributed by atoms with Gasteiger partial charge in [0, 0.05) is 52.6 Å². The number of aliphatic imine (C=N–C) groups is 1. The van der Waals surface area contributed by atoms with Gasteiger partial charge >= 0.3 is 0 Å². The number of nitrogens with zero attached hydrogens (tertiary/aromatic N) is 7. The predicted octanol–water partition coefficient (Wildman–Crippen LogP) is 6.00. The number of aliphatic hydroxyl groups is 1. The molecule has 3 aromatic rings. The van der Waals surface area contributed by atoms with Crippen LogP contribution in [0.2, 0.25) is 0 Å². The molecule has 0 fully saturated rings. The lowest BCUT2D eigenvalue weighted by Crippen LogP contribution is -2.50. The summed E-state index contributed by atoms with van der Waals surface area (Å²) < 4.78 is 12.1. The third-order valence-corrected chi connectivity index (χ3v) is 6.69. The number of hydrogen-bond acceptors (Lipinski definition) is 7. The molecule has 0 unspecified atom stereocenters. The summed E-state index contributed by atoms with van der Waals surface area (Å²) in [5.41, 5.74) is 19.5. The molecular weight excluding hydrogens is 536 g/mol. The Morgan fingerprint density at radius 1 is 1.10 bits per heavy atom. The first-order valence-electron chi connectivity index (χ1n) is 13.3. The number of aliphatic hydroxyl groups excluding tert-OH is 1. The Kier molecular flexibility index (Phi) is 10.2. The van der Waals surface area contributed by atoms with Gasteiger partial charge in [0.2, 0.25) is 5.90 Å². The second-order valence-electron chi connectivity index (χ2n) is 9.37. The van der Waals surface area contributed by atoms with E-state index in [1.54, 1.807) is 54.6 Å². The summed E-state index contributed by atoms with van der Waals surface area (Å²) in [6, 6.07) is 21.3. The average Bonchev–Trinajstić information content (AvgIpc) is 3.40.